The zero-order valence-electron chi connectivity index (χ0n) is 16.8. The average molecular weight is 416 g/mol. The van der Waals surface area contributed by atoms with E-state index in [1.54, 1.807) is 78.9 Å². The van der Waals surface area contributed by atoms with Crippen LogP contribution in [0, 0.1) is 11.3 Å². The quantitative estimate of drug-likeness (QED) is 0.560. The molecule has 0 aliphatic rings. The molecule has 0 unspecified atom stereocenters. The van der Waals surface area contributed by atoms with E-state index in [1.807, 2.05) is 6.07 Å². The molecule has 0 saturated heterocycles. The van der Waals surface area contributed by atoms with Crippen molar-refractivity contribution in [1.82, 2.24) is 0 Å². The highest BCUT2D eigenvalue weighted by Gasteiger charge is 2.25. The smallest absolute Gasteiger partial charge is 0.345 e. The lowest BCUT2D eigenvalue weighted by Crippen LogP contribution is -2.28. The normalized spacial score (nSPS) is 11.0. The molecule has 0 aliphatic carbocycles. The fourth-order valence-corrected chi connectivity index (χ4v) is 2.80. The number of hydrogen-bond acceptors (Lipinski definition) is 6. The maximum atomic E-state index is 12.9. The van der Waals surface area contributed by atoms with Crippen LogP contribution in [-0.2, 0) is 14.3 Å². The van der Waals surface area contributed by atoms with Gasteiger partial charge in [0, 0.05) is 17.3 Å². The van der Waals surface area contributed by atoms with Crippen LogP contribution in [0.15, 0.2) is 78.9 Å². The van der Waals surface area contributed by atoms with Crippen molar-refractivity contribution in [2.24, 2.45) is 0 Å². The van der Waals surface area contributed by atoms with Gasteiger partial charge in [0.1, 0.15) is 17.6 Å². The Morgan fingerprint density at radius 1 is 1.00 bits per heavy atom. The summed E-state index contributed by atoms with van der Waals surface area (Å²) in [7, 11) is 1.53. The molecule has 156 valence electrons. The Balaban J connectivity index is 1.72. The molecule has 0 fully saturated rings. The van der Waals surface area contributed by atoms with Crippen molar-refractivity contribution in [1.29, 1.82) is 5.26 Å². The van der Waals surface area contributed by atoms with Crippen molar-refractivity contribution in [2.75, 3.05) is 19.0 Å². The largest absolute Gasteiger partial charge is 0.497 e. The molecule has 1 N–H and O–H groups in total. The fraction of sp³-hybridized carbons (Fsp3) is 0.125. The summed E-state index contributed by atoms with van der Waals surface area (Å²) in [6.07, 6.45) is -1.19. The van der Waals surface area contributed by atoms with Gasteiger partial charge in [0.2, 0.25) is 6.10 Å². The van der Waals surface area contributed by atoms with E-state index in [9.17, 15) is 9.59 Å². The van der Waals surface area contributed by atoms with Crippen molar-refractivity contribution < 1.29 is 23.8 Å². The standard InChI is InChI=1S/C24H20N2O5/c1-29-20-12-7-11-19(14-20)26-24(28)23(17-8-3-2-4-9-17)31-22(27)16-30-21-13-6-5-10-18(21)15-25/h2-14,23H,16H2,1H3,(H,26,28)/t23-/m0/s1. The number of hydrogen-bond donors (Lipinski definition) is 1. The monoisotopic (exact) mass is 416 g/mol. The molecule has 0 spiro atoms. The molecule has 0 radical (unpaired) electrons. The van der Waals surface area contributed by atoms with Crippen molar-refractivity contribution >= 4 is 17.6 Å². The maximum absolute atomic E-state index is 12.9. The van der Waals surface area contributed by atoms with Gasteiger partial charge in [-0.25, -0.2) is 4.79 Å². The highest BCUT2D eigenvalue weighted by atomic mass is 16.6. The first-order valence-corrected chi connectivity index (χ1v) is 9.42. The number of nitrogens with zero attached hydrogens (tertiary/aromatic N) is 1. The number of nitriles is 1. The molecule has 3 aromatic rings. The first kappa shape index (κ1) is 21.4. The van der Waals surface area contributed by atoms with E-state index in [2.05, 4.69) is 5.32 Å². The number of ether oxygens (including phenoxy) is 3. The predicted molar refractivity (Wildman–Crippen MR) is 114 cm³/mol. The summed E-state index contributed by atoms with van der Waals surface area (Å²) in [4.78, 5) is 25.3. The summed E-state index contributed by atoms with van der Waals surface area (Å²) >= 11 is 0. The van der Waals surface area contributed by atoms with Gasteiger partial charge in [-0.1, -0.05) is 48.5 Å². The number of esters is 1. The van der Waals surface area contributed by atoms with E-state index < -0.39 is 24.6 Å². The van der Waals surface area contributed by atoms with E-state index in [0.717, 1.165) is 0 Å². The van der Waals surface area contributed by atoms with Crippen LogP contribution in [0.1, 0.15) is 17.2 Å². The van der Waals surface area contributed by atoms with Crippen molar-refractivity contribution in [3.05, 3.63) is 90.0 Å². The van der Waals surface area contributed by atoms with Crippen LogP contribution in [0.5, 0.6) is 11.5 Å². The van der Waals surface area contributed by atoms with E-state index in [4.69, 9.17) is 19.5 Å². The minimum atomic E-state index is -1.19. The van der Waals surface area contributed by atoms with Crippen LogP contribution >= 0.6 is 0 Å². The lowest BCUT2D eigenvalue weighted by Gasteiger charge is -2.18. The Bertz CT molecular complexity index is 1090. The predicted octanol–water partition coefficient (Wildman–Crippen LogP) is 3.87. The number of anilines is 1. The van der Waals surface area contributed by atoms with Gasteiger partial charge in [-0.3, -0.25) is 4.79 Å². The molecule has 0 heterocycles. The minimum Gasteiger partial charge on any atom is -0.497 e. The summed E-state index contributed by atoms with van der Waals surface area (Å²) in [5, 5.41) is 11.9. The number of amides is 1. The number of nitrogens with one attached hydrogen (secondary N) is 1. The van der Waals surface area contributed by atoms with E-state index in [1.165, 1.54) is 7.11 Å². The highest BCUT2D eigenvalue weighted by Crippen LogP contribution is 2.23. The molecule has 31 heavy (non-hydrogen) atoms. The Morgan fingerprint density at radius 3 is 2.48 bits per heavy atom. The molecule has 7 nitrogen and oxygen atoms in total. The molecular formula is C24H20N2O5. The summed E-state index contributed by atoms with van der Waals surface area (Å²) in [5.74, 6) is -0.428. The number of para-hydroxylation sites is 1. The second-order valence-corrected chi connectivity index (χ2v) is 6.40. The minimum absolute atomic E-state index is 0.263. The third-order valence-electron chi connectivity index (χ3n) is 4.28. The van der Waals surface area contributed by atoms with Gasteiger partial charge in [-0.2, -0.15) is 5.26 Å². The summed E-state index contributed by atoms with van der Waals surface area (Å²) in [6, 6.07) is 24.0. The van der Waals surface area contributed by atoms with Crippen LogP contribution in [0.2, 0.25) is 0 Å². The second-order valence-electron chi connectivity index (χ2n) is 6.40. The molecule has 0 aromatic heterocycles. The highest BCUT2D eigenvalue weighted by molar-refractivity contribution is 5.96. The molecule has 1 amide bonds. The van der Waals surface area contributed by atoms with Gasteiger partial charge in [-0.05, 0) is 24.3 Å². The lowest BCUT2D eigenvalue weighted by molar-refractivity contribution is -0.156. The number of methoxy groups -OCH3 is 1. The number of benzene rings is 3. The molecule has 3 aromatic carbocycles. The lowest BCUT2D eigenvalue weighted by atomic mass is 10.1. The van der Waals surface area contributed by atoms with Crippen LogP contribution in [0.4, 0.5) is 5.69 Å². The first-order chi connectivity index (χ1) is 15.1. The van der Waals surface area contributed by atoms with Crippen molar-refractivity contribution in [3.8, 4) is 17.6 Å². The number of carbonyl (C=O) groups is 2. The van der Waals surface area contributed by atoms with E-state index in [-0.39, 0.29) is 5.75 Å². The second kappa shape index (κ2) is 10.5. The van der Waals surface area contributed by atoms with Crippen LogP contribution in [0.3, 0.4) is 0 Å². The summed E-state index contributed by atoms with van der Waals surface area (Å²) in [5.41, 5.74) is 1.31. The molecule has 0 aliphatic heterocycles. The number of carbonyl (C=O) groups excluding carboxylic acids is 2. The van der Waals surface area contributed by atoms with E-state index in [0.29, 0.717) is 22.6 Å². The third kappa shape index (κ3) is 5.84. The van der Waals surface area contributed by atoms with Crippen LogP contribution in [-0.4, -0.2) is 25.6 Å². The van der Waals surface area contributed by atoms with Crippen molar-refractivity contribution in [3.63, 3.8) is 0 Å². The fourth-order valence-electron chi connectivity index (χ4n) is 2.80. The Morgan fingerprint density at radius 2 is 1.74 bits per heavy atom. The van der Waals surface area contributed by atoms with Crippen molar-refractivity contribution in [2.45, 2.75) is 6.10 Å². The van der Waals surface area contributed by atoms with Gasteiger partial charge in [0.25, 0.3) is 5.91 Å². The maximum Gasteiger partial charge on any atom is 0.345 e. The van der Waals surface area contributed by atoms with Gasteiger partial charge in [0.05, 0.1) is 12.7 Å². The molecule has 0 bridgehead atoms. The van der Waals surface area contributed by atoms with Gasteiger partial charge < -0.3 is 19.5 Å². The summed E-state index contributed by atoms with van der Waals surface area (Å²) < 4.78 is 16.0. The number of rotatable bonds is 8. The first-order valence-electron chi connectivity index (χ1n) is 9.42. The zero-order valence-corrected chi connectivity index (χ0v) is 16.8. The Kier molecular flexibility index (Phi) is 7.22. The third-order valence-corrected chi connectivity index (χ3v) is 4.28. The Labute approximate surface area is 179 Å². The van der Waals surface area contributed by atoms with Gasteiger partial charge in [-0.15, -0.1) is 0 Å². The van der Waals surface area contributed by atoms with E-state index >= 15 is 0 Å². The molecule has 7 heteroatoms. The van der Waals surface area contributed by atoms with Gasteiger partial charge >= 0.3 is 5.97 Å². The average Bonchev–Trinajstić information content (AvgIpc) is 2.82. The van der Waals surface area contributed by atoms with Gasteiger partial charge in [0.15, 0.2) is 6.61 Å². The van der Waals surface area contributed by atoms with Crippen LogP contribution < -0.4 is 14.8 Å². The zero-order chi connectivity index (χ0) is 22.1. The molecule has 0 saturated carbocycles. The summed E-state index contributed by atoms with van der Waals surface area (Å²) in [6.45, 7) is -0.450. The Hall–Kier alpha value is -4.31. The molecule has 1 atom stereocenters. The molecule has 3 rings (SSSR count). The topological polar surface area (TPSA) is 97.7 Å². The van der Waals surface area contributed by atoms with Crippen LogP contribution in [0.25, 0.3) is 0 Å². The SMILES string of the molecule is COc1cccc(NC(=O)[C@@H](OC(=O)COc2ccccc2C#N)c2ccccc2)c1. The molecular weight excluding hydrogens is 396 g/mol.